The first-order valence-corrected chi connectivity index (χ1v) is 21.2. The zero-order valence-electron chi connectivity index (χ0n) is 33.4. The normalized spacial score (nSPS) is 20.7. The Balaban J connectivity index is 1.18. The van der Waals surface area contributed by atoms with Crippen molar-refractivity contribution < 1.29 is 0 Å². The zero-order valence-corrected chi connectivity index (χ0v) is 33.4. The molecule has 4 aliphatic carbocycles. The van der Waals surface area contributed by atoms with Crippen molar-refractivity contribution >= 4 is 34.1 Å². The van der Waals surface area contributed by atoms with Gasteiger partial charge in [-0.15, -0.1) is 0 Å². The van der Waals surface area contributed by atoms with Gasteiger partial charge in [0.2, 0.25) is 0 Å². The standard InChI is InChI=1S/C55H50N2/c1-37-18-10-15-29-49(37)57(43-25-8-5-9-26-43)51-31-17-20-39-35-41-22-12-11-21-40-34-38-19-16-30-50(52(38)55(40,41)53(39)51)56(42-23-6-4-7-24-42)44-32-33-46-45-27-13-14-28-47(45)54(2,3)48(46)36-44/h4-10,13-20,23-33,36,40-41H,11-12,21-22,34-35H2,1-3H3. The summed E-state index contributed by atoms with van der Waals surface area (Å²) in [6.45, 7) is 7.07. The van der Waals surface area contributed by atoms with Crippen LogP contribution in [-0.4, -0.2) is 0 Å². The molecule has 0 heterocycles. The summed E-state index contributed by atoms with van der Waals surface area (Å²) in [5.74, 6) is 1.06. The molecule has 0 aromatic heterocycles. The molecule has 11 rings (SSSR count). The molecule has 0 radical (unpaired) electrons. The predicted molar refractivity (Wildman–Crippen MR) is 238 cm³/mol. The van der Waals surface area contributed by atoms with E-state index < -0.39 is 0 Å². The summed E-state index contributed by atoms with van der Waals surface area (Å²) >= 11 is 0. The van der Waals surface area contributed by atoms with Gasteiger partial charge in [0.15, 0.2) is 0 Å². The average Bonchev–Trinajstić information content (AvgIpc) is 3.79. The number of fused-ring (bicyclic) bond motifs is 5. The monoisotopic (exact) mass is 738 g/mol. The maximum absolute atomic E-state index is 2.62. The lowest BCUT2D eigenvalue weighted by molar-refractivity contribution is 0.258. The number of nitrogens with zero attached hydrogens (tertiary/aromatic N) is 2. The molecule has 0 bridgehead atoms. The average molecular weight is 739 g/mol. The van der Waals surface area contributed by atoms with E-state index in [1.165, 1.54) is 98.8 Å². The Morgan fingerprint density at radius 2 is 0.982 bits per heavy atom. The van der Waals surface area contributed by atoms with E-state index in [1.807, 2.05) is 0 Å². The van der Waals surface area contributed by atoms with Crippen molar-refractivity contribution in [3.8, 4) is 11.1 Å². The first-order chi connectivity index (χ1) is 28.0. The smallest absolute Gasteiger partial charge is 0.0505 e. The molecule has 3 unspecified atom stereocenters. The molecule has 4 aliphatic rings. The van der Waals surface area contributed by atoms with E-state index >= 15 is 0 Å². The molecule has 0 saturated heterocycles. The van der Waals surface area contributed by atoms with Gasteiger partial charge in [0.05, 0.1) is 11.4 Å². The first-order valence-electron chi connectivity index (χ1n) is 21.2. The van der Waals surface area contributed by atoms with Gasteiger partial charge < -0.3 is 9.80 Å². The summed E-state index contributed by atoms with van der Waals surface area (Å²) in [5.41, 5.74) is 20.4. The van der Waals surface area contributed by atoms with Crippen LogP contribution in [0.15, 0.2) is 164 Å². The highest BCUT2D eigenvalue weighted by atomic mass is 15.2. The summed E-state index contributed by atoms with van der Waals surface area (Å²) in [4.78, 5) is 5.21. The number of hydrogen-bond donors (Lipinski definition) is 0. The third-order valence-corrected chi connectivity index (χ3v) is 14.4. The van der Waals surface area contributed by atoms with Crippen LogP contribution in [0.4, 0.5) is 34.1 Å². The maximum Gasteiger partial charge on any atom is 0.0505 e. The van der Waals surface area contributed by atoms with Crippen LogP contribution in [0, 0.1) is 18.8 Å². The van der Waals surface area contributed by atoms with Crippen LogP contribution >= 0.6 is 0 Å². The van der Waals surface area contributed by atoms with Crippen LogP contribution in [0.1, 0.15) is 78.5 Å². The second-order valence-electron chi connectivity index (χ2n) is 17.6. The molecule has 2 nitrogen and oxygen atoms in total. The number of aryl methyl sites for hydroxylation is 1. The van der Waals surface area contributed by atoms with E-state index in [-0.39, 0.29) is 10.8 Å². The van der Waals surface area contributed by atoms with E-state index in [4.69, 9.17) is 0 Å². The summed E-state index contributed by atoms with van der Waals surface area (Å²) in [6.07, 6.45) is 7.35. The van der Waals surface area contributed by atoms with Crippen LogP contribution in [0.5, 0.6) is 0 Å². The van der Waals surface area contributed by atoms with Crippen LogP contribution in [0.25, 0.3) is 11.1 Å². The fourth-order valence-corrected chi connectivity index (χ4v) is 12.0. The van der Waals surface area contributed by atoms with Crippen molar-refractivity contribution in [2.45, 2.75) is 70.1 Å². The third-order valence-electron chi connectivity index (χ3n) is 14.4. The van der Waals surface area contributed by atoms with Gasteiger partial charge in [0.1, 0.15) is 0 Å². The summed E-state index contributed by atoms with van der Waals surface area (Å²) in [6, 6.07) is 62.1. The number of rotatable bonds is 6. The van der Waals surface area contributed by atoms with Gasteiger partial charge in [0, 0.05) is 33.6 Å². The molecule has 0 amide bonds. The molecule has 0 aliphatic heterocycles. The quantitative estimate of drug-likeness (QED) is 0.168. The zero-order chi connectivity index (χ0) is 38.3. The van der Waals surface area contributed by atoms with E-state index in [0.29, 0.717) is 11.8 Å². The van der Waals surface area contributed by atoms with Crippen LogP contribution in [0.3, 0.4) is 0 Å². The first kappa shape index (κ1) is 34.4. The second-order valence-corrected chi connectivity index (χ2v) is 17.6. The van der Waals surface area contributed by atoms with Crippen LogP contribution < -0.4 is 9.80 Å². The minimum atomic E-state index is -0.122. The molecular formula is C55H50N2. The van der Waals surface area contributed by atoms with Crippen molar-refractivity contribution in [1.29, 1.82) is 0 Å². The van der Waals surface area contributed by atoms with E-state index in [1.54, 1.807) is 11.1 Å². The molecule has 3 atom stereocenters. The highest BCUT2D eigenvalue weighted by molar-refractivity contribution is 5.89. The Morgan fingerprint density at radius 1 is 0.456 bits per heavy atom. The van der Waals surface area contributed by atoms with E-state index in [0.717, 1.165) is 12.8 Å². The lowest BCUT2D eigenvalue weighted by Gasteiger charge is -2.43. The number of para-hydroxylation sites is 3. The van der Waals surface area contributed by atoms with Crippen molar-refractivity contribution in [1.82, 2.24) is 0 Å². The molecule has 280 valence electrons. The largest absolute Gasteiger partial charge is 0.310 e. The van der Waals surface area contributed by atoms with E-state index in [2.05, 4.69) is 194 Å². The molecule has 1 saturated carbocycles. The molecule has 2 heteroatoms. The molecular weight excluding hydrogens is 689 g/mol. The fraction of sp³-hybridized carbons (Fsp3) is 0.236. The Kier molecular flexibility index (Phi) is 7.90. The lowest BCUT2D eigenvalue weighted by atomic mass is 9.63. The van der Waals surface area contributed by atoms with Gasteiger partial charge in [0.25, 0.3) is 0 Å². The number of benzene rings is 7. The second kappa shape index (κ2) is 13.1. The minimum Gasteiger partial charge on any atom is -0.310 e. The Morgan fingerprint density at radius 3 is 1.63 bits per heavy atom. The summed E-state index contributed by atoms with van der Waals surface area (Å²) in [7, 11) is 0. The maximum atomic E-state index is 2.62. The van der Waals surface area contributed by atoms with Gasteiger partial charge in [-0.3, -0.25) is 0 Å². The number of hydrogen-bond acceptors (Lipinski definition) is 2. The van der Waals surface area contributed by atoms with Crippen molar-refractivity contribution in [2.75, 3.05) is 9.80 Å². The fourth-order valence-electron chi connectivity index (χ4n) is 12.0. The SMILES string of the molecule is Cc1ccccc1N(c1ccccc1)c1cccc2c1C13c4c(cccc4N(c4ccccc4)c4ccc5c(c4)C(C)(C)c4ccccc4-5)CC1CCCCC3C2. The van der Waals surface area contributed by atoms with Gasteiger partial charge in [-0.25, -0.2) is 0 Å². The van der Waals surface area contributed by atoms with Gasteiger partial charge in [-0.05, 0) is 149 Å². The highest BCUT2D eigenvalue weighted by Crippen LogP contribution is 2.67. The molecule has 7 aromatic rings. The Hall–Kier alpha value is -5.86. The summed E-state index contributed by atoms with van der Waals surface area (Å²) in [5, 5.41) is 0. The Labute approximate surface area is 338 Å². The molecule has 1 fully saturated rings. The summed E-state index contributed by atoms with van der Waals surface area (Å²) < 4.78 is 0. The lowest BCUT2D eigenvalue weighted by Crippen LogP contribution is -2.39. The minimum absolute atomic E-state index is 0.0884. The van der Waals surface area contributed by atoms with Crippen molar-refractivity contribution in [2.24, 2.45) is 11.8 Å². The topological polar surface area (TPSA) is 6.48 Å². The van der Waals surface area contributed by atoms with Gasteiger partial charge in [-0.1, -0.05) is 136 Å². The van der Waals surface area contributed by atoms with E-state index in [9.17, 15) is 0 Å². The molecule has 57 heavy (non-hydrogen) atoms. The third kappa shape index (κ3) is 5.02. The Bertz CT molecular complexity index is 2650. The van der Waals surface area contributed by atoms with Gasteiger partial charge in [-0.2, -0.15) is 0 Å². The predicted octanol–water partition coefficient (Wildman–Crippen LogP) is 14.4. The highest BCUT2D eigenvalue weighted by Gasteiger charge is 2.59. The number of anilines is 6. The van der Waals surface area contributed by atoms with Crippen molar-refractivity contribution in [3.63, 3.8) is 0 Å². The van der Waals surface area contributed by atoms with Crippen molar-refractivity contribution in [3.05, 3.63) is 203 Å². The molecule has 7 aromatic carbocycles. The van der Waals surface area contributed by atoms with Gasteiger partial charge >= 0.3 is 0 Å². The van der Waals surface area contributed by atoms with Crippen LogP contribution in [-0.2, 0) is 23.7 Å². The van der Waals surface area contributed by atoms with Crippen LogP contribution in [0.2, 0.25) is 0 Å². The molecule has 0 N–H and O–H groups in total. The molecule has 1 spiro atoms.